The van der Waals surface area contributed by atoms with Crippen molar-refractivity contribution in [3.05, 3.63) is 59.7 Å². The van der Waals surface area contributed by atoms with Crippen molar-refractivity contribution >= 4 is 5.78 Å². The SMILES string of the molecule is C[C@@H]1C(=O)c2cc(O)ccc2O[C@H]1c1ccccc1. The van der Waals surface area contributed by atoms with Crippen molar-refractivity contribution in [3.63, 3.8) is 0 Å². The van der Waals surface area contributed by atoms with E-state index in [1.807, 2.05) is 37.3 Å². The van der Waals surface area contributed by atoms with Crippen molar-refractivity contribution in [1.29, 1.82) is 0 Å². The molecule has 0 spiro atoms. The Balaban J connectivity index is 2.04. The number of phenolic OH excluding ortho intramolecular Hbond substituents is 1. The number of aromatic hydroxyl groups is 1. The summed E-state index contributed by atoms with van der Waals surface area (Å²) in [7, 11) is 0. The largest absolute Gasteiger partial charge is 0.508 e. The lowest BCUT2D eigenvalue weighted by molar-refractivity contribution is 0.0689. The maximum absolute atomic E-state index is 12.4. The van der Waals surface area contributed by atoms with Gasteiger partial charge in [0.15, 0.2) is 5.78 Å². The monoisotopic (exact) mass is 254 g/mol. The molecule has 0 saturated carbocycles. The van der Waals surface area contributed by atoms with Gasteiger partial charge >= 0.3 is 0 Å². The quantitative estimate of drug-likeness (QED) is 0.849. The zero-order chi connectivity index (χ0) is 13.4. The summed E-state index contributed by atoms with van der Waals surface area (Å²) in [6.07, 6.45) is -0.272. The molecule has 1 aliphatic heterocycles. The predicted molar refractivity (Wildman–Crippen MR) is 71.4 cm³/mol. The second-order valence-corrected chi connectivity index (χ2v) is 4.78. The van der Waals surface area contributed by atoms with Crippen LogP contribution in [0.4, 0.5) is 0 Å². The topological polar surface area (TPSA) is 46.5 Å². The van der Waals surface area contributed by atoms with Crippen LogP contribution in [0.25, 0.3) is 0 Å². The molecular weight excluding hydrogens is 240 g/mol. The number of hydrogen-bond donors (Lipinski definition) is 1. The summed E-state index contributed by atoms with van der Waals surface area (Å²) in [5.74, 6) is 0.360. The molecule has 1 aliphatic rings. The molecule has 3 nitrogen and oxygen atoms in total. The first-order chi connectivity index (χ1) is 9.16. The van der Waals surface area contributed by atoms with Crippen LogP contribution in [0.2, 0.25) is 0 Å². The van der Waals surface area contributed by atoms with Crippen LogP contribution < -0.4 is 4.74 Å². The van der Waals surface area contributed by atoms with Crippen LogP contribution in [0.1, 0.15) is 28.9 Å². The number of hydrogen-bond acceptors (Lipinski definition) is 3. The molecule has 3 rings (SSSR count). The van der Waals surface area contributed by atoms with Crippen molar-refractivity contribution in [2.75, 3.05) is 0 Å². The highest BCUT2D eigenvalue weighted by molar-refractivity contribution is 6.01. The first-order valence-electron chi connectivity index (χ1n) is 6.25. The maximum Gasteiger partial charge on any atom is 0.173 e. The molecule has 0 aliphatic carbocycles. The first kappa shape index (κ1) is 11.8. The number of rotatable bonds is 1. The molecule has 0 aromatic heterocycles. The molecule has 3 heteroatoms. The number of Topliss-reactive ketones (excluding diaryl/α,β-unsaturated/α-hetero) is 1. The minimum atomic E-state index is -0.272. The van der Waals surface area contributed by atoms with Gasteiger partial charge in [0.25, 0.3) is 0 Å². The van der Waals surface area contributed by atoms with Crippen LogP contribution in [-0.2, 0) is 0 Å². The number of ketones is 1. The van der Waals surface area contributed by atoms with E-state index >= 15 is 0 Å². The Morgan fingerprint density at radius 1 is 1.11 bits per heavy atom. The number of benzene rings is 2. The minimum Gasteiger partial charge on any atom is -0.508 e. The van der Waals surface area contributed by atoms with E-state index in [0.29, 0.717) is 11.3 Å². The lowest BCUT2D eigenvalue weighted by Gasteiger charge is -2.30. The third-order valence-electron chi connectivity index (χ3n) is 3.48. The van der Waals surface area contributed by atoms with Crippen molar-refractivity contribution in [3.8, 4) is 11.5 Å². The first-order valence-corrected chi connectivity index (χ1v) is 6.25. The molecule has 96 valence electrons. The van der Waals surface area contributed by atoms with Gasteiger partial charge in [-0.25, -0.2) is 0 Å². The van der Waals surface area contributed by atoms with Gasteiger partial charge < -0.3 is 9.84 Å². The van der Waals surface area contributed by atoms with Gasteiger partial charge in [-0.3, -0.25) is 4.79 Å². The normalized spacial score (nSPS) is 21.6. The van der Waals surface area contributed by atoms with Gasteiger partial charge in [0.1, 0.15) is 17.6 Å². The van der Waals surface area contributed by atoms with E-state index in [2.05, 4.69) is 0 Å². The summed E-state index contributed by atoms with van der Waals surface area (Å²) in [6.45, 7) is 1.85. The van der Waals surface area contributed by atoms with Gasteiger partial charge in [-0.15, -0.1) is 0 Å². The number of ether oxygens (including phenoxy) is 1. The summed E-state index contributed by atoms with van der Waals surface area (Å²) in [5.41, 5.74) is 1.45. The summed E-state index contributed by atoms with van der Waals surface area (Å²) in [5, 5.41) is 9.47. The van der Waals surface area contributed by atoms with E-state index in [1.54, 1.807) is 6.07 Å². The molecule has 1 N–H and O–H groups in total. The number of phenols is 1. The highest BCUT2D eigenvalue weighted by Gasteiger charge is 2.35. The number of carbonyl (C=O) groups is 1. The Hall–Kier alpha value is -2.29. The Kier molecular flexibility index (Phi) is 2.75. The highest BCUT2D eigenvalue weighted by atomic mass is 16.5. The smallest absolute Gasteiger partial charge is 0.173 e. The fourth-order valence-electron chi connectivity index (χ4n) is 2.43. The lowest BCUT2D eigenvalue weighted by atomic mass is 9.87. The predicted octanol–water partition coefficient (Wildman–Crippen LogP) is 3.34. The molecule has 0 saturated heterocycles. The van der Waals surface area contributed by atoms with Gasteiger partial charge in [-0.2, -0.15) is 0 Å². The lowest BCUT2D eigenvalue weighted by Crippen LogP contribution is -2.29. The molecule has 2 aromatic rings. The van der Waals surface area contributed by atoms with E-state index in [1.165, 1.54) is 12.1 Å². The zero-order valence-corrected chi connectivity index (χ0v) is 10.5. The third-order valence-corrected chi connectivity index (χ3v) is 3.48. The standard InChI is InChI=1S/C16H14O3/c1-10-15(18)13-9-12(17)7-8-14(13)19-16(10)11-5-3-2-4-6-11/h2-10,16-17H,1H3/t10-,16-/m1/s1. The Labute approximate surface area is 111 Å². The summed E-state index contributed by atoms with van der Waals surface area (Å²) < 4.78 is 5.92. The second kappa shape index (κ2) is 4.43. The van der Waals surface area contributed by atoms with Crippen LogP contribution in [0, 0.1) is 5.92 Å². The molecule has 2 atom stereocenters. The van der Waals surface area contributed by atoms with Crippen molar-refractivity contribution in [1.82, 2.24) is 0 Å². The zero-order valence-electron chi connectivity index (χ0n) is 10.5. The molecule has 0 unspecified atom stereocenters. The molecule has 0 radical (unpaired) electrons. The second-order valence-electron chi connectivity index (χ2n) is 4.78. The Morgan fingerprint density at radius 2 is 1.84 bits per heavy atom. The third kappa shape index (κ3) is 1.97. The van der Waals surface area contributed by atoms with Crippen LogP contribution >= 0.6 is 0 Å². The minimum absolute atomic E-state index is 0.00556. The molecular formula is C16H14O3. The summed E-state index contributed by atoms with van der Waals surface area (Å²) >= 11 is 0. The van der Waals surface area contributed by atoms with E-state index in [-0.39, 0.29) is 23.6 Å². The van der Waals surface area contributed by atoms with Gasteiger partial charge in [0, 0.05) is 0 Å². The fourth-order valence-corrected chi connectivity index (χ4v) is 2.43. The van der Waals surface area contributed by atoms with E-state index in [4.69, 9.17) is 4.74 Å². The average molecular weight is 254 g/mol. The molecule has 0 fully saturated rings. The fraction of sp³-hybridized carbons (Fsp3) is 0.188. The van der Waals surface area contributed by atoms with Crippen LogP contribution in [-0.4, -0.2) is 10.9 Å². The van der Waals surface area contributed by atoms with E-state index < -0.39 is 0 Å². The maximum atomic E-state index is 12.4. The van der Waals surface area contributed by atoms with Gasteiger partial charge in [-0.1, -0.05) is 37.3 Å². The van der Waals surface area contributed by atoms with Gasteiger partial charge in [-0.05, 0) is 23.8 Å². The summed E-state index contributed by atoms with van der Waals surface area (Å²) in [4.78, 5) is 12.4. The van der Waals surface area contributed by atoms with Crippen molar-refractivity contribution in [2.45, 2.75) is 13.0 Å². The molecule has 0 amide bonds. The van der Waals surface area contributed by atoms with Gasteiger partial charge in [0.05, 0.1) is 11.5 Å². The van der Waals surface area contributed by atoms with Gasteiger partial charge in [0.2, 0.25) is 0 Å². The molecule has 19 heavy (non-hydrogen) atoms. The van der Waals surface area contributed by atoms with Crippen LogP contribution in [0.15, 0.2) is 48.5 Å². The van der Waals surface area contributed by atoms with Crippen molar-refractivity contribution in [2.24, 2.45) is 5.92 Å². The van der Waals surface area contributed by atoms with Crippen LogP contribution in [0.5, 0.6) is 11.5 Å². The Bertz CT molecular complexity index is 619. The van der Waals surface area contributed by atoms with Crippen LogP contribution in [0.3, 0.4) is 0 Å². The van der Waals surface area contributed by atoms with E-state index in [0.717, 1.165) is 5.56 Å². The summed E-state index contributed by atoms with van der Waals surface area (Å²) in [6, 6.07) is 14.4. The van der Waals surface area contributed by atoms with E-state index in [9.17, 15) is 9.90 Å². The Morgan fingerprint density at radius 3 is 2.58 bits per heavy atom. The number of fused-ring (bicyclic) bond motifs is 1. The average Bonchev–Trinajstić information content (AvgIpc) is 2.44. The highest BCUT2D eigenvalue weighted by Crippen LogP contribution is 2.39. The molecule has 1 heterocycles. The number of carbonyl (C=O) groups excluding carboxylic acids is 1. The van der Waals surface area contributed by atoms with Crippen molar-refractivity contribution < 1.29 is 14.6 Å². The molecule has 2 aromatic carbocycles. The molecule has 0 bridgehead atoms.